The lowest BCUT2D eigenvalue weighted by atomic mass is 10.2. The Morgan fingerprint density at radius 3 is 2.50 bits per heavy atom. The quantitative estimate of drug-likeness (QED) is 0.680. The van der Waals surface area contributed by atoms with E-state index in [0.717, 1.165) is 27.5 Å². The summed E-state index contributed by atoms with van der Waals surface area (Å²) in [6, 6.07) is 6.84. The molecule has 0 fully saturated rings. The minimum atomic E-state index is -0.699. The second-order valence-electron chi connectivity index (χ2n) is 7.18. The Kier molecular flexibility index (Phi) is 5.10. The molecule has 0 spiro atoms. The molecular weight excluding hydrogens is 404 g/mol. The van der Waals surface area contributed by atoms with Crippen LogP contribution in [0.15, 0.2) is 38.8 Å². The van der Waals surface area contributed by atoms with E-state index in [-0.39, 0.29) is 17.1 Å². The van der Waals surface area contributed by atoms with Crippen LogP contribution in [-0.4, -0.2) is 41.9 Å². The summed E-state index contributed by atoms with van der Waals surface area (Å²) in [5.41, 5.74) is 1.24. The number of aliphatic imine (C=N–C) groups is 1. The third kappa shape index (κ3) is 3.26. The monoisotopic (exact) mass is 426 g/mol. The van der Waals surface area contributed by atoms with E-state index >= 15 is 0 Å². The molecule has 9 nitrogen and oxygen atoms in total. The van der Waals surface area contributed by atoms with E-state index in [4.69, 9.17) is 0 Å². The molecule has 0 saturated carbocycles. The number of imidazole rings is 1. The van der Waals surface area contributed by atoms with Gasteiger partial charge in [-0.05, 0) is 26.0 Å². The van der Waals surface area contributed by atoms with Crippen LogP contribution in [0.5, 0.6) is 0 Å². The number of hydrogen-bond donors (Lipinski definition) is 1. The minimum absolute atomic E-state index is 0.228. The van der Waals surface area contributed by atoms with Gasteiger partial charge in [0.1, 0.15) is 11.9 Å². The topological polar surface area (TPSA) is 103 Å². The largest absolute Gasteiger partial charge is 0.332 e. The van der Waals surface area contributed by atoms with Crippen molar-refractivity contribution >= 4 is 39.6 Å². The Morgan fingerprint density at radius 2 is 1.87 bits per heavy atom. The molecule has 0 aliphatic carbocycles. The Morgan fingerprint density at radius 1 is 1.17 bits per heavy atom. The molecule has 1 N–H and O–H groups in total. The minimum Gasteiger partial charge on any atom is -0.324 e. The highest BCUT2D eigenvalue weighted by Gasteiger charge is 2.24. The smallest absolute Gasteiger partial charge is 0.324 e. The molecule has 0 unspecified atom stereocenters. The lowest BCUT2D eigenvalue weighted by Crippen LogP contribution is -2.38. The first-order chi connectivity index (χ1) is 14.3. The van der Waals surface area contributed by atoms with Crippen molar-refractivity contribution in [1.29, 1.82) is 0 Å². The fourth-order valence-electron chi connectivity index (χ4n) is 3.57. The summed E-state index contributed by atoms with van der Waals surface area (Å²) in [6.45, 7) is 4.24. The molecule has 0 saturated heterocycles. The number of anilines is 1. The number of carbonyl (C=O) groups excluding carboxylic acids is 1. The number of hydrogen-bond acceptors (Lipinski definition) is 6. The van der Waals surface area contributed by atoms with Crippen molar-refractivity contribution in [2.24, 2.45) is 19.1 Å². The number of rotatable bonds is 4. The van der Waals surface area contributed by atoms with Crippen LogP contribution >= 0.6 is 11.8 Å². The van der Waals surface area contributed by atoms with E-state index in [1.54, 1.807) is 37.2 Å². The van der Waals surface area contributed by atoms with Gasteiger partial charge in [0.05, 0.1) is 5.04 Å². The van der Waals surface area contributed by atoms with Crippen LogP contribution in [0.25, 0.3) is 11.2 Å². The standard InChI is InChI=1S/C20H22N6O3S/c1-11(17(27)23-14-7-5-13(6-8-14)18-21-9-10-30-18)26-12(2)22-16-15(26)19(28)25(4)20(29)24(16)3/h5-8,11H,9-10H2,1-4H3,(H,23,27)/t11-/m0/s1. The molecule has 1 aliphatic rings. The molecule has 1 atom stereocenters. The summed E-state index contributed by atoms with van der Waals surface area (Å²) in [5.74, 6) is 1.19. The normalized spacial score (nSPS) is 14.7. The van der Waals surface area contributed by atoms with Crippen molar-refractivity contribution in [3.8, 4) is 0 Å². The highest BCUT2D eigenvalue weighted by Crippen LogP contribution is 2.22. The molecule has 1 aliphatic heterocycles. The molecule has 10 heteroatoms. The van der Waals surface area contributed by atoms with E-state index in [0.29, 0.717) is 11.5 Å². The van der Waals surface area contributed by atoms with Crippen LogP contribution in [0.3, 0.4) is 0 Å². The van der Waals surface area contributed by atoms with Gasteiger partial charge in [-0.2, -0.15) is 0 Å². The molecule has 0 bridgehead atoms. The first-order valence-corrected chi connectivity index (χ1v) is 10.5. The lowest BCUT2D eigenvalue weighted by Gasteiger charge is -2.16. The highest BCUT2D eigenvalue weighted by atomic mass is 32.2. The van der Waals surface area contributed by atoms with Gasteiger partial charge in [-0.3, -0.25) is 23.7 Å². The van der Waals surface area contributed by atoms with Gasteiger partial charge in [-0.1, -0.05) is 12.1 Å². The van der Waals surface area contributed by atoms with Crippen LogP contribution in [0.4, 0.5) is 5.69 Å². The van der Waals surface area contributed by atoms with Gasteiger partial charge in [0.2, 0.25) is 5.91 Å². The maximum Gasteiger partial charge on any atom is 0.332 e. The van der Waals surface area contributed by atoms with E-state index < -0.39 is 17.3 Å². The third-order valence-electron chi connectivity index (χ3n) is 5.22. The molecule has 2 aromatic heterocycles. The Labute approximate surface area is 176 Å². The number of aryl methyl sites for hydroxylation is 2. The highest BCUT2D eigenvalue weighted by molar-refractivity contribution is 8.14. The molecule has 1 aromatic carbocycles. The first-order valence-electron chi connectivity index (χ1n) is 9.52. The molecule has 3 aromatic rings. The Balaban J connectivity index is 1.65. The number of benzene rings is 1. The Bertz CT molecular complexity index is 1300. The summed E-state index contributed by atoms with van der Waals surface area (Å²) in [5, 5.41) is 3.91. The average Bonchev–Trinajstić information content (AvgIpc) is 3.39. The van der Waals surface area contributed by atoms with Crippen molar-refractivity contribution < 1.29 is 4.79 Å². The van der Waals surface area contributed by atoms with Crippen molar-refractivity contribution in [2.45, 2.75) is 19.9 Å². The SMILES string of the molecule is Cc1nc2c(c(=O)n(C)c(=O)n2C)n1[C@@H](C)C(=O)Nc1ccc(C2=NCCS2)cc1. The molecule has 156 valence electrons. The summed E-state index contributed by atoms with van der Waals surface area (Å²) in [6.07, 6.45) is 0. The molecule has 1 amide bonds. The van der Waals surface area contributed by atoms with Crippen molar-refractivity contribution in [3.05, 3.63) is 56.5 Å². The molecule has 3 heterocycles. The maximum absolute atomic E-state index is 12.9. The maximum atomic E-state index is 12.9. The van der Waals surface area contributed by atoms with Gasteiger partial charge in [0.15, 0.2) is 11.2 Å². The number of nitrogens with one attached hydrogen (secondary N) is 1. The number of nitrogens with zero attached hydrogens (tertiary/aromatic N) is 5. The summed E-state index contributed by atoms with van der Waals surface area (Å²) >= 11 is 1.72. The van der Waals surface area contributed by atoms with Crippen LogP contribution in [-0.2, 0) is 18.9 Å². The van der Waals surface area contributed by atoms with Gasteiger partial charge in [-0.15, -0.1) is 11.8 Å². The van der Waals surface area contributed by atoms with Crippen molar-refractivity contribution in [1.82, 2.24) is 18.7 Å². The number of amides is 1. The first kappa shape index (κ1) is 20.1. The second-order valence-corrected chi connectivity index (χ2v) is 8.27. The predicted molar refractivity (Wildman–Crippen MR) is 119 cm³/mol. The van der Waals surface area contributed by atoms with E-state index in [1.165, 1.54) is 11.6 Å². The fraction of sp³-hybridized carbons (Fsp3) is 0.350. The summed E-state index contributed by atoms with van der Waals surface area (Å²) in [7, 11) is 2.97. The van der Waals surface area contributed by atoms with Crippen LogP contribution in [0.2, 0.25) is 0 Å². The van der Waals surface area contributed by atoms with E-state index in [1.807, 2.05) is 24.3 Å². The zero-order chi connectivity index (χ0) is 21.6. The van der Waals surface area contributed by atoms with Crippen molar-refractivity contribution in [3.63, 3.8) is 0 Å². The Hall–Kier alpha value is -3.14. The molecule has 0 radical (unpaired) electrons. The zero-order valence-corrected chi connectivity index (χ0v) is 18.0. The van der Waals surface area contributed by atoms with Gasteiger partial charge < -0.3 is 9.88 Å². The van der Waals surface area contributed by atoms with E-state index in [2.05, 4.69) is 15.3 Å². The molecule has 4 rings (SSSR count). The number of thioether (sulfide) groups is 1. The molecule has 30 heavy (non-hydrogen) atoms. The second kappa shape index (κ2) is 7.60. The van der Waals surface area contributed by atoms with Gasteiger partial charge in [-0.25, -0.2) is 9.78 Å². The van der Waals surface area contributed by atoms with Crippen LogP contribution < -0.4 is 16.6 Å². The lowest BCUT2D eigenvalue weighted by molar-refractivity contribution is -0.118. The summed E-state index contributed by atoms with van der Waals surface area (Å²) < 4.78 is 3.91. The van der Waals surface area contributed by atoms with Gasteiger partial charge >= 0.3 is 5.69 Å². The van der Waals surface area contributed by atoms with E-state index in [9.17, 15) is 14.4 Å². The fourth-order valence-corrected chi connectivity index (χ4v) is 4.43. The van der Waals surface area contributed by atoms with Crippen molar-refractivity contribution in [2.75, 3.05) is 17.6 Å². The van der Waals surface area contributed by atoms with Crippen LogP contribution in [0.1, 0.15) is 24.4 Å². The number of aromatic nitrogens is 4. The number of fused-ring (bicyclic) bond motifs is 1. The number of carbonyl (C=O) groups is 1. The molecular formula is C20H22N6O3S. The predicted octanol–water partition coefficient (Wildman–Crippen LogP) is 1.44. The third-order valence-corrected chi connectivity index (χ3v) is 6.24. The van der Waals surface area contributed by atoms with Gasteiger partial charge in [0.25, 0.3) is 5.56 Å². The van der Waals surface area contributed by atoms with Crippen LogP contribution in [0, 0.1) is 6.92 Å². The summed E-state index contributed by atoms with van der Waals surface area (Å²) in [4.78, 5) is 46.6. The zero-order valence-electron chi connectivity index (χ0n) is 17.2. The van der Waals surface area contributed by atoms with Gasteiger partial charge in [0, 0.05) is 37.6 Å². The average molecular weight is 427 g/mol.